The molecule has 6 nitrogen and oxygen atoms in total. The second-order valence-electron chi connectivity index (χ2n) is 5.17. The lowest BCUT2D eigenvalue weighted by molar-refractivity contribution is 0.0939. The van der Waals surface area contributed by atoms with Gasteiger partial charge in [0.1, 0.15) is 5.75 Å². The Morgan fingerprint density at radius 3 is 2.50 bits per heavy atom. The second kappa shape index (κ2) is 7.46. The summed E-state index contributed by atoms with van der Waals surface area (Å²) in [5.74, 6) is 0.318. The van der Waals surface area contributed by atoms with Crippen LogP contribution in [0.4, 0.5) is 0 Å². The molecule has 2 aromatic rings. The Hall–Kier alpha value is -2.38. The molecule has 1 atom stereocenters. The number of nitrogens with one attached hydrogen (secondary N) is 2. The van der Waals surface area contributed by atoms with Gasteiger partial charge < -0.3 is 10.1 Å². The van der Waals surface area contributed by atoms with Crippen LogP contribution in [0.15, 0.2) is 53.4 Å². The summed E-state index contributed by atoms with van der Waals surface area (Å²) in [6.07, 6.45) is 0. The van der Waals surface area contributed by atoms with Crippen molar-refractivity contribution in [3.8, 4) is 5.75 Å². The number of methoxy groups -OCH3 is 1. The minimum Gasteiger partial charge on any atom is -0.496 e. The summed E-state index contributed by atoms with van der Waals surface area (Å²) in [5.41, 5.74) is 1.11. The fraction of sp³-hybridized carbons (Fsp3) is 0.235. The van der Waals surface area contributed by atoms with Crippen molar-refractivity contribution >= 4 is 15.9 Å². The van der Waals surface area contributed by atoms with Gasteiger partial charge in [-0.3, -0.25) is 4.79 Å². The van der Waals surface area contributed by atoms with Gasteiger partial charge in [-0.05, 0) is 38.2 Å². The van der Waals surface area contributed by atoms with Crippen molar-refractivity contribution in [2.24, 2.45) is 0 Å². The van der Waals surface area contributed by atoms with Crippen LogP contribution in [0.1, 0.15) is 28.9 Å². The van der Waals surface area contributed by atoms with Crippen molar-refractivity contribution in [2.45, 2.75) is 17.9 Å². The number of benzene rings is 2. The number of amides is 1. The highest BCUT2D eigenvalue weighted by Gasteiger charge is 2.17. The Labute approximate surface area is 141 Å². The summed E-state index contributed by atoms with van der Waals surface area (Å²) in [7, 11) is -0.701. The van der Waals surface area contributed by atoms with Crippen LogP contribution in [-0.4, -0.2) is 28.5 Å². The van der Waals surface area contributed by atoms with Crippen molar-refractivity contribution in [3.05, 3.63) is 59.7 Å². The Morgan fingerprint density at radius 2 is 1.83 bits per heavy atom. The van der Waals surface area contributed by atoms with E-state index < -0.39 is 10.0 Å². The molecule has 7 heteroatoms. The molecule has 2 aromatic carbocycles. The molecular formula is C17H20N2O4S. The number of carbonyl (C=O) groups excluding carboxylic acids is 1. The third-order valence-corrected chi connectivity index (χ3v) is 5.04. The molecular weight excluding hydrogens is 328 g/mol. The van der Waals surface area contributed by atoms with Crippen LogP contribution >= 0.6 is 0 Å². The first-order valence-corrected chi connectivity index (χ1v) is 8.84. The van der Waals surface area contributed by atoms with E-state index in [1.165, 1.54) is 25.2 Å². The minimum atomic E-state index is -3.60. The van der Waals surface area contributed by atoms with E-state index >= 15 is 0 Å². The Kier molecular flexibility index (Phi) is 5.58. The second-order valence-corrected chi connectivity index (χ2v) is 7.06. The van der Waals surface area contributed by atoms with Crippen molar-refractivity contribution < 1.29 is 17.9 Å². The molecule has 0 fully saturated rings. The van der Waals surface area contributed by atoms with E-state index in [0.29, 0.717) is 5.75 Å². The minimum absolute atomic E-state index is 0.0441. The van der Waals surface area contributed by atoms with Gasteiger partial charge in [0.2, 0.25) is 10.0 Å². The Bertz CT molecular complexity index is 834. The van der Waals surface area contributed by atoms with E-state index in [0.717, 1.165) is 5.56 Å². The molecule has 0 saturated heterocycles. The highest BCUT2D eigenvalue weighted by atomic mass is 32.2. The van der Waals surface area contributed by atoms with Gasteiger partial charge in [0, 0.05) is 11.1 Å². The van der Waals surface area contributed by atoms with E-state index in [4.69, 9.17) is 4.74 Å². The van der Waals surface area contributed by atoms with Crippen LogP contribution in [0.5, 0.6) is 5.75 Å². The molecule has 0 aromatic heterocycles. The fourth-order valence-corrected chi connectivity index (χ4v) is 3.08. The summed E-state index contributed by atoms with van der Waals surface area (Å²) in [4.78, 5) is 12.5. The zero-order valence-electron chi connectivity index (χ0n) is 13.7. The summed E-state index contributed by atoms with van der Waals surface area (Å²) in [6.45, 7) is 1.84. The molecule has 0 aliphatic rings. The summed E-state index contributed by atoms with van der Waals surface area (Å²) in [5, 5.41) is 2.85. The lowest BCUT2D eigenvalue weighted by Crippen LogP contribution is -2.27. The van der Waals surface area contributed by atoms with Crippen molar-refractivity contribution in [2.75, 3.05) is 14.2 Å². The van der Waals surface area contributed by atoms with Gasteiger partial charge >= 0.3 is 0 Å². The van der Waals surface area contributed by atoms with E-state index in [1.807, 2.05) is 31.2 Å². The van der Waals surface area contributed by atoms with Crippen LogP contribution in [0.3, 0.4) is 0 Å². The average molecular weight is 348 g/mol. The van der Waals surface area contributed by atoms with E-state index in [2.05, 4.69) is 10.0 Å². The lowest BCUT2D eigenvalue weighted by atomic mass is 10.1. The topological polar surface area (TPSA) is 84.5 Å². The van der Waals surface area contributed by atoms with Gasteiger partial charge in [-0.1, -0.05) is 24.3 Å². The van der Waals surface area contributed by atoms with Crippen molar-refractivity contribution in [1.29, 1.82) is 0 Å². The molecule has 1 amide bonds. The molecule has 0 bridgehead atoms. The summed E-state index contributed by atoms with van der Waals surface area (Å²) >= 11 is 0. The molecule has 128 valence electrons. The lowest BCUT2D eigenvalue weighted by Gasteiger charge is -2.17. The molecule has 0 spiro atoms. The number of carbonyl (C=O) groups is 1. The van der Waals surface area contributed by atoms with E-state index in [1.54, 1.807) is 13.2 Å². The van der Waals surface area contributed by atoms with Crippen molar-refractivity contribution in [1.82, 2.24) is 10.0 Å². The zero-order valence-corrected chi connectivity index (χ0v) is 14.6. The molecule has 0 heterocycles. The normalized spacial score (nSPS) is 12.5. The molecule has 0 saturated carbocycles. The maximum atomic E-state index is 12.4. The highest BCUT2D eigenvalue weighted by Crippen LogP contribution is 2.24. The number of para-hydroxylation sites is 1. The van der Waals surface area contributed by atoms with Gasteiger partial charge in [0.05, 0.1) is 18.0 Å². The summed E-state index contributed by atoms with van der Waals surface area (Å²) in [6, 6.07) is 13.0. The van der Waals surface area contributed by atoms with Gasteiger partial charge in [-0.2, -0.15) is 0 Å². The van der Waals surface area contributed by atoms with Crippen LogP contribution in [0.2, 0.25) is 0 Å². The van der Waals surface area contributed by atoms with Crippen LogP contribution in [0.25, 0.3) is 0 Å². The van der Waals surface area contributed by atoms with Gasteiger partial charge in [-0.15, -0.1) is 0 Å². The third-order valence-electron chi connectivity index (χ3n) is 3.63. The van der Waals surface area contributed by atoms with Crippen LogP contribution < -0.4 is 14.8 Å². The monoisotopic (exact) mass is 348 g/mol. The first-order chi connectivity index (χ1) is 11.4. The first kappa shape index (κ1) is 18.0. The van der Waals surface area contributed by atoms with Gasteiger partial charge in [-0.25, -0.2) is 13.1 Å². The maximum Gasteiger partial charge on any atom is 0.251 e. The predicted molar refractivity (Wildman–Crippen MR) is 91.6 cm³/mol. The van der Waals surface area contributed by atoms with E-state index in [-0.39, 0.29) is 22.4 Å². The largest absolute Gasteiger partial charge is 0.496 e. The average Bonchev–Trinajstić information content (AvgIpc) is 2.61. The molecule has 0 aliphatic carbocycles. The molecule has 0 aliphatic heterocycles. The SMILES string of the molecule is CNS(=O)(=O)c1cccc(C(=O)N[C@@H](C)c2ccccc2OC)c1. The number of rotatable bonds is 6. The Balaban J connectivity index is 2.22. The number of hydrogen-bond acceptors (Lipinski definition) is 4. The number of hydrogen-bond donors (Lipinski definition) is 2. The first-order valence-electron chi connectivity index (χ1n) is 7.36. The van der Waals surface area contributed by atoms with Crippen LogP contribution in [-0.2, 0) is 10.0 Å². The molecule has 0 radical (unpaired) electrons. The zero-order chi connectivity index (χ0) is 17.7. The van der Waals surface area contributed by atoms with Gasteiger partial charge in [0.15, 0.2) is 0 Å². The number of ether oxygens (including phenoxy) is 1. The molecule has 2 rings (SSSR count). The van der Waals surface area contributed by atoms with Crippen LogP contribution in [0, 0.1) is 0 Å². The fourth-order valence-electron chi connectivity index (χ4n) is 2.30. The van der Waals surface area contributed by atoms with Gasteiger partial charge in [0.25, 0.3) is 5.91 Å². The maximum absolute atomic E-state index is 12.4. The number of sulfonamides is 1. The Morgan fingerprint density at radius 1 is 1.12 bits per heavy atom. The standard InChI is InChI=1S/C17H20N2O4S/c1-12(15-9-4-5-10-16(15)23-3)19-17(20)13-7-6-8-14(11-13)24(21,22)18-2/h4-12,18H,1-3H3,(H,19,20)/t12-/m0/s1. The van der Waals surface area contributed by atoms with E-state index in [9.17, 15) is 13.2 Å². The third kappa shape index (κ3) is 3.93. The quantitative estimate of drug-likeness (QED) is 0.837. The summed E-state index contributed by atoms with van der Waals surface area (Å²) < 4.78 is 31.2. The van der Waals surface area contributed by atoms with Crippen molar-refractivity contribution in [3.63, 3.8) is 0 Å². The molecule has 24 heavy (non-hydrogen) atoms. The smallest absolute Gasteiger partial charge is 0.251 e. The highest BCUT2D eigenvalue weighted by molar-refractivity contribution is 7.89. The molecule has 2 N–H and O–H groups in total. The molecule has 0 unspecified atom stereocenters. The predicted octanol–water partition coefficient (Wildman–Crippen LogP) is 2.09.